The predicted molar refractivity (Wildman–Crippen MR) is 168 cm³/mol. The van der Waals surface area contributed by atoms with Gasteiger partial charge in [-0.15, -0.1) is 0 Å². The Morgan fingerprint density at radius 2 is 1.72 bits per heavy atom. The Morgan fingerprint density at radius 3 is 2.58 bits per heavy atom. The number of halogens is 1. The van der Waals surface area contributed by atoms with Crippen molar-refractivity contribution in [1.82, 2.24) is 34.9 Å². The van der Waals surface area contributed by atoms with Gasteiger partial charge in [-0.05, 0) is 93.1 Å². The highest BCUT2D eigenvalue weighted by Crippen LogP contribution is 2.36. The van der Waals surface area contributed by atoms with E-state index in [1.165, 1.54) is 25.0 Å². The fourth-order valence-corrected chi connectivity index (χ4v) is 6.01. The van der Waals surface area contributed by atoms with Gasteiger partial charge >= 0.3 is 0 Å². The van der Waals surface area contributed by atoms with Crippen molar-refractivity contribution in [2.24, 2.45) is 0 Å². The van der Waals surface area contributed by atoms with Crippen molar-refractivity contribution >= 4 is 21.8 Å². The Balaban J connectivity index is 1.21. The summed E-state index contributed by atoms with van der Waals surface area (Å²) in [6.45, 7) is 4.42. The molecule has 0 bridgehead atoms. The van der Waals surface area contributed by atoms with Crippen molar-refractivity contribution in [1.29, 1.82) is 0 Å². The Bertz CT molecular complexity index is 1900. The topological polar surface area (TPSA) is 86.0 Å². The monoisotopic (exact) mass is 575 g/mol. The maximum atomic E-state index is 14.8. The van der Waals surface area contributed by atoms with Gasteiger partial charge in [-0.3, -0.25) is 20.0 Å². The Hall–Kier alpha value is -4.60. The first kappa shape index (κ1) is 27.2. The van der Waals surface area contributed by atoms with E-state index in [4.69, 9.17) is 4.74 Å². The van der Waals surface area contributed by atoms with Gasteiger partial charge in [0.05, 0.1) is 22.9 Å². The van der Waals surface area contributed by atoms with E-state index >= 15 is 0 Å². The molecule has 0 aliphatic carbocycles. The number of benzene rings is 2. The van der Waals surface area contributed by atoms with E-state index in [1.807, 2.05) is 24.5 Å². The highest BCUT2D eigenvalue weighted by Gasteiger charge is 2.16. The Labute approximate surface area is 249 Å². The normalized spacial score (nSPS) is 14.0. The van der Waals surface area contributed by atoms with Crippen molar-refractivity contribution in [3.63, 3.8) is 0 Å². The molecule has 0 amide bonds. The first-order valence-electron chi connectivity index (χ1n) is 14.7. The van der Waals surface area contributed by atoms with Crippen LogP contribution in [0.3, 0.4) is 0 Å². The first-order chi connectivity index (χ1) is 21.0. The zero-order chi connectivity index (χ0) is 29.3. The molecule has 2 N–H and O–H groups in total. The number of rotatable bonds is 9. The van der Waals surface area contributed by atoms with E-state index in [-0.39, 0.29) is 5.82 Å². The average molecular weight is 576 g/mol. The van der Waals surface area contributed by atoms with E-state index in [9.17, 15) is 4.39 Å². The van der Waals surface area contributed by atoms with Gasteiger partial charge in [0.25, 0.3) is 0 Å². The molecule has 6 aromatic rings. The Kier molecular flexibility index (Phi) is 7.34. The van der Waals surface area contributed by atoms with Crippen LogP contribution in [0, 0.1) is 5.82 Å². The number of fused-ring (bicyclic) bond motifs is 2. The molecule has 0 spiro atoms. The van der Waals surface area contributed by atoms with E-state index in [0.29, 0.717) is 12.4 Å². The van der Waals surface area contributed by atoms with Crippen LogP contribution < -0.4 is 4.74 Å². The lowest BCUT2D eigenvalue weighted by atomic mass is 10.0. The van der Waals surface area contributed by atoms with Crippen LogP contribution >= 0.6 is 0 Å². The van der Waals surface area contributed by atoms with Crippen LogP contribution in [0.5, 0.6) is 5.75 Å². The van der Waals surface area contributed by atoms with Gasteiger partial charge in [0.15, 0.2) is 0 Å². The summed E-state index contributed by atoms with van der Waals surface area (Å²) in [5, 5.41) is 9.77. The number of nitrogens with one attached hydrogen (secondary N) is 2. The van der Waals surface area contributed by atoms with Crippen molar-refractivity contribution in [2.75, 3.05) is 40.3 Å². The summed E-state index contributed by atoms with van der Waals surface area (Å²) in [6, 6.07) is 15.4. The van der Waals surface area contributed by atoms with E-state index in [0.717, 1.165) is 87.2 Å². The van der Waals surface area contributed by atoms with Gasteiger partial charge in [-0.2, -0.15) is 5.10 Å². The second-order valence-corrected chi connectivity index (χ2v) is 11.6. The van der Waals surface area contributed by atoms with Gasteiger partial charge in [0, 0.05) is 59.6 Å². The molecule has 1 aliphatic heterocycles. The molecule has 1 fully saturated rings. The van der Waals surface area contributed by atoms with E-state index in [1.54, 1.807) is 12.4 Å². The third-order valence-electron chi connectivity index (χ3n) is 8.05. The minimum absolute atomic E-state index is 0.337. The molecule has 8 nitrogen and oxygen atoms in total. The van der Waals surface area contributed by atoms with Crippen molar-refractivity contribution in [2.45, 2.75) is 19.4 Å². The van der Waals surface area contributed by atoms with E-state index < -0.39 is 0 Å². The van der Waals surface area contributed by atoms with Crippen LogP contribution in [0.15, 0.2) is 73.3 Å². The SMILES string of the molecule is CN(C)Cc1cncc(-c2ccc3[nH]nc(-c4cc5c(-c6cc(F)cc(OCCN7CCCC7)c6)cncc5[nH]4)c3c2)c1. The quantitative estimate of drug-likeness (QED) is 0.204. The molecule has 2 aromatic carbocycles. The predicted octanol–water partition coefficient (Wildman–Crippen LogP) is 6.51. The number of likely N-dealkylation sites (tertiary alicyclic amines) is 1. The lowest BCUT2D eigenvalue weighted by Crippen LogP contribution is -2.25. The summed E-state index contributed by atoms with van der Waals surface area (Å²) in [5.41, 5.74) is 8.28. The number of ether oxygens (including phenoxy) is 1. The molecule has 0 atom stereocenters. The highest BCUT2D eigenvalue weighted by atomic mass is 19.1. The van der Waals surface area contributed by atoms with Gasteiger partial charge < -0.3 is 14.6 Å². The second-order valence-electron chi connectivity index (χ2n) is 11.6. The fourth-order valence-electron chi connectivity index (χ4n) is 6.01. The number of H-pyrrole nitrogens is 2. The minimum Gasteiger partial charge on any atom is -0.492 e. The van der Waals surface area contributed by atoms with Crippen molar-refractivity contribution in [3.8, 4) is 39.4 Å². The third kappa shape index (κ3) is 5.74. The van der Waals surface area contributed by atoms with Gasteiger partial charge in [-0.1, -0.05) is 6.07 Å². The number of hydrogen-bond donors (Lipinski definition) is 2. The van der Waals surface area contributed by atoms with Gasteiger partial charge in [0.1, 0.15) is 23.9 Å². The summed E-state index contributed by atoms with van der Waals surface area (Å²) in [6.07, 6.45) is 9.83. The van der Waals surface area contributed by atoms with Gasteiger partial charge in [0.2, 0.25) is 0 Å². The summed E-state index contributed by atoms with van der Waals surface area (Å²) in [4.78, 5) is 16.9. The van der Waals surface area contributed by atoms with Crippen LogP contribution in [0.4, 0.5) is 4.39 Å². The fraction of sp³-hybridized carbons (Fsp3) is 0.265. The number of hydrogen-bond acceptors (Lipinski definition) is 6. The molecule has 218 valence electrons. The average Bonchev–Trinajstić information content (AvgIpc) is 3.76. The molecule has 0 saturated carbocycles. The highest BCUT2D eigenvalue weighted by molar-refractivity contribution is 6.01. The zero-order valence-corrected chi connectivity index (χ0v) is 24.4. The molecular formula is C34H34FN7O. The molecule has 43 heavy (non-hydrogen) atoms. The molecule has 4 aromatic heterocycles. The zero-order valence-electron chi connectivity index (χ0n) is 24.4. The summed E-state index contributed by atoms with van der Waals surface area (Å²) in [7, 11) is 4.10. The minimum atomic E-state index is -0.337. The maximum Gasteiger partial charge on any atom is 0.127 e. The smallest absolute Gasteiger partial charge is 0.127 e. The second kappa shape index (κ2) is 11.6. The van der Waals surface area contributed by atoms with E-state index in [2.05, 4.69) is 73.3 Å². The number of nitrogens with zero attached hydrogens (tertiary/aromatic N) is 5. The molecule has 0 radical (unpaired) electrons. The van der Waals surface area contributed by atoms with Gasteiger partial charge in [-0.25, -0.2) is 4.39 Å². The van der Waals surface area contributed by atoms with Crippen LogP contribution in [0.2, 0.25) is 0 Å². The van der Waals surface area contributed by atoms with Crippen LogP contribution in [-0.4, -0.2) is 75.3 Å². The largest absolute Gasteiger partial charge is 0.492 e. The molecule has 5 heterocycles. The molecule has 1 aliphatic rings. The number of aromatic amines is 2. The molecule has 0 unspecified atom stereocenters. The van der Waals surface area contributed by atoms with Crippen molar-refractivity contribution < 1.29 is 9.13 Å². The standard InChI is InChI=1S/C34H34FN7O/c1-41(2)21-22-11-25(18-36-17-22)23-5-6-31-29(14-23)34(40-39-31)32-16-28-30(19-37-20-33(28)38-32)24-12-26(35)15-27(13-24)43-10-9-42-7-3-4-8-42/h5-6,11-20,38H,3-4,7-10,21H2,1-2H3,(H,39,40). The third-order valence-corrected chi connectivity index (χ3v) is 8.05. The molecule has 9 heteroatoms. The molecule has 1 saturated heterocycles. The lowest BCUT2D eigenvalue weighted by molar-refractivity contribution is 0.237. The maximum absolute atomic E-state index is 14.8. The number of pyridine rings is 2. The van der Waals surface area contributed by atoms with Crippen LogP contribution in [0.25, 0.3) is 55.4 Å². The molecule has 7 rings (SSSR count). The lowest BCUT2D eigenvalue weighted by Gasteiger charge is -2.15. The van der Waals surface area contributed by atoms with Crippen LogP contribution in [0.1, 0.15) is 18.4 Å². The van der Waals surface area contributed by atoms with Crippen LogP contribution in [-0.2, 0) is 6.54 Å². The Morgan fingerprint density at radius 1 is 0.860 bits per heavy atom. The summed E-state index contributed by atoms with van der Waals surface area (Å²) in [5.74, 6) is 0.188. The molecular weight excluding hydrogens is 541 g/mol. The summed E-state index contributed by atoms with van der Waals surface area (Å²) < 4.78 is 20.7. The van der Waals surface area contributed by atoms with Crippen molar-refractivity contribution in [3.05, 3.63) is 84.7 Å². The number of aromatic nitrogens is 5. The first-order valence-corrected chi connectivity index (χ1v) is 14.7. The summed E-state index contributed by atoms with van der Waals surface area (Å²) >= 11 is 0.